The highest BCUT2D eigenvalue weighted by atomic mass is 16.6. The average molecular weight is 377 g/mol. The summed E-state index contributed by atoms with van der Waals surface area (Å²) in [5, 5.41) is 30.7. The van der Waals surface area contributed by atoms with Crippen molar-refractivity contribution in [2.75, 3.05) is 13.2 Å². The molecule has 0 fully saturated rings. The molecule has 0 saturated heterocycles. The molecule has 0 aliphatic rings. The number of ether oxygens (including phenoxy) is 1. The molecule has 0 rings (SSSR count). The maximum Gasteiger partial charge on any atom is 0.323 e. The van der Waals surface area contributed by atoms with E-state index in [0.717, 1.165) is 6.92 Å². The Labute approximate surface area is 150 Å². The van der Waals surface area contributed by atoms with Crippen LogP contribution in [0.2, 0.25) is 0 Å². The van der Waals surface area contributed by atoms with E-state index in [1.165, 1.54) is 0 Å². The van der Waals surface area contributed by atoms with Crippen LogP contribution in [0.25, 0.3) is 0 Å². The molecule has 0 aromatic rings. The molecule has 5 atom stereocenters. The number of aliphatic hydroxyl groups excluding tert-OH is 3. The summed E-state index contributed by atoms with van der Waals surface area (Å²) in [6.07, 6.45) is -4.44. The van der Waals surface area contributed by atoms with Gasteiger partial charge in [0.1, 0.15) is 30.6 Å². The summed E-state index contributed by atoms with van der Waals surface area (Å²) in [6.45, 7) is 0.493. The molecule has 1 amide bonds. The average Bonchev–Trinajstić information content (AvgIpc) is 2.59. The van der Waals surface area contributed by atoms with Gasteiger partial charge in [0.2, 0.25) is 5.91 Å². The smallest absolute Gasteiger partial charge is 0.323 e. The lowest BCUT2D eigenvalue weighted by Gasteiger charge is -2.30. The molecule has 0 heterocycles. The number of carbonyl (C=O) groups excluding carboxylic acids is 3. The fraction of sp³-hybridized carbons (Fsp3) is 0.714. The first kappa shape index (κ1) is 23.7. The van der Waals surface area contributed by atoms with E-state index in [9.17, 15) is 24.6 Å². The maximum absolute atomic E-state index is 12.1. The first-order valence-corrected chi connectivity index (χ1v) is 7.84. The summed E-state index contributed by atoms with van der Waals surface area (Å²) >= 11 is 0. The third-order valence-corrected chi connectivity index (χ3v) is 3.31. The Morgan fingerprint density at radius 2 is 1.92 bits per heavy atom. The molecule has 0 unspecified atom stereocenters. The molecule has 0 aromatic heterocycles. The SMILES string of the molecule is CC(=O)N[C@@H](C=O)[C@@H](OC(=O)[C@@H](N)CCCN=C(N)N)[C@H](O)[C@H](O)CO. The van der Waals surface area contributed by atoms with Crippen molar-refractivity contribution < 1.29 is 34.4 Å². The van der Waals surface area contributed by atoms with Crippen molar-refractivity contribution in [2.24, 2.45) is 22.2 Å². The Morgan fingerprint density at radius 1 is 1.31 bits per heavy atom. The fourth-order valence-electron chi connectivity index (χ4n) is 1.97. The van der Waals surface area contributed by atoms with Gasteiger partial charge in [0.15, 0.2) is 12.1 Å². The Balaban J connectivity index is 5.02. The van der Waals surface area contributed by atoms with E-state index < -0.39 is 48.9 Å². The van der Waals surface area contributed by atoms with Crippen LogP contribution >= 0.6 is 0 Å². The van der Waals surface area contributed by atoms with Crippen LogP contribution in [-0.4, -0.2) is 83.0 Å². The number of aliphatic hydroxyl groups is 3. The standard InChI is InChI=1S/C14H27N5O7/c1-7(22)19-9(5-20)12(11(24)10(23)6-21)26-13(25)8(15)3-2-4-18-14(16)17/h5,8-12,21,23-24H,2-4,6,15H2,1H3,(H,19,22)(H4,16,17,18)/t8-,9-,10+,11+,12+/m0/s1. The Kier molecular flexibility index (Phi) is 11.1. The van der Waals surface area contributed by atoms with Crippen molar-refractivity contribution in [3.63, 3.8) is 0 Å². The van der Waals surface area contributed by atoms with E-state index in [-0.39, 0.29) is 25.2 Å². The van der Waals surface area contributed by atoms with Crippen molar-refractivity contribution in [2.45, 2.75) is 50.2 Å². The molecule has 12 nitrogen and oxygen atoms in total. The zero-order valence-electron chi connectivity index (χ0n) is 14.4. The molecule has 0 saturated carbocycles. The lowest BCUT2D eigenvalue weighted by atomic mass is 10.0. The molecule has 0 aliphatic heterocycles. The summed E-state index contributed by atoms with van der Waals surface area (Å²) in [7, 11) is 0. The van der Waals surface area contributed by atoms with Gasteiger partial charge >= 0.3 is 5.97 Å². The van der Waals surface area contributed by atoms with Gasteiger partial charge in [-0.2, -0.15) is 0 Å². The van der Waals surface area contributed by atoms with Gasteiger partial charge < -0.3 is 47.4 Å². The molecular weight excluding hydrogens is 350 g/mol. The van der Waals surface area contributed by atoms with Crippen molar-refractivity contribution in [1.29, 1.82) is 0 Å². The second kappa shape index (κ2) is 12.1. The van der Waals surface area contributed by atoms with Crippen LogP contribution in [0.3, 0.4) is 0 Å². The van der Waals surface area contributed by atoms with Gasteiger partial charge in [-0.05, 0) is 12.8 Å². The Morgan fingerprint density at radius 3 is 2.38 bits per heavy atom. The Hall–Kier alpha value is -2.28. The topological polar surface area (TPSA) is 224 Å². The van der Waals surface area contributed by atoms with Gasteiger partial charge in [-0.3, -0.25) is 14.6 Å². The third-order valence-electron chi connectivity index (χ3n) is 3.31. The van der Waals surface area contributed by atoms with E-state index in [1.807, 2.05) is 0 Å². The van der Waals surface area contributed by atoms with Crippen molar-refractivity contribution in [3.05, 3.63) is 0 Å². The van der Waals surface area contributed by atoms with Gasteiger partial charge in [0, 0.05) is 13.5 Å². The molecule has 0 aromatic carbocycles. The zero-order valence-corrected chi connectivity index (χ0v) is 14.4. The van der Waals surface area contributed by atoms with E-state index >= 15 is 0 Å². The van der Waals surface area contributed by atoms with E-state index in [2.05, 4.69) is 10.3 Å². The fourth-order valence-corrected chi connectivity index (χ4v) is 1.97. The first-order valence-electron chi connectivity index (χ1n) is 7.84. The number of carbonyl (C=O) groups is 3. The molecule has 10 N–H and O–H groups in total. The molecule has 26 heavy (non-hydrogen) atoms. The highest BCUT2D eigenvalue weighted by Crippen LogP contribution is 2.11. The third kappa shape index (κ3) is 8.71. The first-order chi connectivity index (χ1) is 12.1. The number of amides is 1. The summed E-state index contributed by atoms with van der Waals surface area (Å²) < 4.78 is 5.01. The van der Waals surface area contributed by atoms with E-state index in [4.69, 9.17) is 27.0 Å². The highest BCUT2D eigenvalue weighted by molar-refractivity contribution is 5.79. The normalized spacial score (nSPS) is 16.5. The lowest BCUT2D eigenvalue weighted by Crippen LogP contribution is -2.56. The van der Waals surface area contributed by atoms with Crippen LogP contribution in [-0.2, 0) is 19.1 Å². The molecule has 0 spiro atoms. The van der Waals surface area contributed by atoms with Gasteiger partial charge in [-0.15, -0.1) is 0 Å². The number of aliphatic imine (C=N–C) groups is 1. The number of aldehydes is 1. The van der Waals surface area contributed by atoms with Gasteiger partial charge in [-0.25, -0.2) is 0 Å². The highest BCUT2D eigenvalue weighted by Gasteiger charge is 2.37. The number of guanidine groups is 1. The number of rotatable bonds is 12. The quantitative estimate of drug-likeness (QED) is 0.0569. The summed E-state index contributed by atoms with van der Waals surface area (Å²) in [5.41, 5.74) is 16.0. The van der Waals surface area contributed by atoms with E-state index in [0.29, 0.717) is 6.42 Å². The van der Waals surface area contributed by atoms with Crippen LogP contribution in [0.4, 0.5) is 0 Å². The minimum Gasteiger partial charge on any atom is -0.456 e. The summed E-state index contributed by atoms with van der Waals surface area (Å²) in [5.74, 6) is -1.71. The molecule has 0 radical (unpaired) electrons. The minimum atomic E-state index is -1.83. The number of nitrogens with one attached hydrogen (secondary N) is 1. The van der Waals surface area contributed by atoms with Crippen molar-refractivity contribution in [3.8, 4) is 0 Å². The van der Waals surface area contributed by atoms with Crippen LogP contribution in [0.15, 0.2) is 4.99 Å². The molecule has 0 aliphatic carbocycles. The lowest BCUT2D eigenvalue weighted by molar-refractivity contribution is -0.167. The van der Waals surface area contributed by atoms with Crippen molar-refractivity contribution in [1.82, 2.24) is 5.32 Å². The predicted molar refractivity (Wildman–Crippen MR) is 90.5 cm³/mol. The van der Waals surface area contributed by atoms with E-state index in [1.54, 1.807) is 0 Å². The van der Waals surface area contributed by atoms with Crippen LogP contribution in [0.5, 0.6) is 0 Å². The zero-order chi connectivity index (χ0) is 20.3. The second-order valence-corrected chi connectivity index (χ2v) is 5.56. The molecule has 0 bridgehead atoms. The monoisotopic (exact) mass is 377 g/mol. The number of nitrogens with zero attached hydrogens (tertiary/aromatic N) is 1. The Bertz CT molecular complexity index is 498. The molecule has 12 heteroatoms. The van der Waals surface area contributed by atoms with Crippen LogP contribution < -0.4 is 22.5 Å². The van der Waals surface area contributed by atoms with Gasteiger partial charge in [0.25, 0.3) is 0 Å². The maximum atomic E-state index is 12.1. The predicted octanol–water partition coefficient (Wildman–Crippen LogP) is -4.30. The van der Waals surface area contributed by atoms with Gasteiger partial charge in [0.05, 0.1) is 6.61 Å². The molecule has 150 valence electrons. The number of esters is 1. The van der Waals surface area contributed by atoms with Crippen molar-refractivity contribution >= 4 is 24.1 Å². The van der Waals surface area contributed by atoms with Gasteiger partial charge in [-0.1, -0.05) is 0 Å². The summed E-state index contributed by atoms with van der Waals surface area (Å²) in [4.78, 5) is 38.2. The number of hydrogen-bond donors (Lipinski definition) is 7. The number of nitrogens with two attached hydrogens (primary N) is 3. The second-order valence-electron chi connectivity index (χ2n) is 5.56. The number of hydrogen-bond acceptors (Lipinski definition) is 9. The largest absolute Gasteiger partial charge is 0.456 e. The van der Waals surface area contributed by atoms with Crippen LogP contribution in [0.1, 0.15) is 19.8 Å². The molecular formula is C14H27N5O7. The van der Waals surface area contributed by atoms with Crippen LogP contribution in [0, 0.1) is 0 Å². The minimum absolute atomic E-state index is 0.105. The summed E-state index contributed by atoms with van der Waals surface area (Å²) in [6, 6.07) is -2.56.